The molecule has 0 aromatic heterocycles. The molecule has 3 aromatic carbocycles. The highest BCUT2D eigenvalue weighted by atomic mass is 16.5. The minimum atomic E-state index is -0.147. The minimum absolute atomic E-state index is 0.0828. The molecular formula is C24H25NO3. The number of para-hydroxylation sites is 1. The summed E-state index contributed by atoms with van der Waals surface area (Å²) in [6.07, 6.45) is 0.783. The fourth-order valence-corrected chi connectivity index (χ4v) is 3.01. The fourth-order valence-electron chi connectivity index (χ4n) is 3.01. The maximum atomic E-state index is 12.9. The summed E-state index contributed by atoms with van der Waals surface area (Å²) < 4.78 is 11.1. The van der Waals surface area contributed by atoms with Gasteiger partial charge >= 0.3 is 0 Å². The Morgan fingerprint density at radius 2 is 1.61 bits per heavy atom. The van der Waals surface area contributed by atoms with Crippen LogP contribution in [0.1, 0.15) is 40.9 Å². The monoisotopic (exact) mass is 375 g/mol. The maximum Gasteiger partial charge on any atom is 0.255 e. The summed E-state index contributed by atoms with van der Waals surface area (Å²) in [6, 6.07) is 24.9. The summed E-state index contributed by atoms with van der Waals surface area (Å²) in [5.41, 5.74) is 2.63. The van der Waals surface area contributed by atoms with Crippen LogP contribution in [-0.2, 0) is 6.61 Å². The quantitative estimate of drug-likeness (QED) is 0.592. The highest BCUT2D eigenvalue weighted by Crippen LogP contribution is 2.23. The highest BCUT2D eigenvalue weighted by molar-refractivity contribution is 5.97. The number of hydrogen-bond acceptors (Lipinski definition) is 3. The number of carbonyl (C=O) groups is 1. The Bertz CT molecular complexity index is 891. The van der Waals surface area contributed by atoms with Crippen molar-refractivity contribution in [1.82, 2.24) is 5.32 Å². The molecule has 3 aromatic rings. The van der Waals surface area contributed by atoms with Crippen molar-refractivity contribution in [3.63, 3.8) is 0 Å². The first-order valence-electron chi connectivity index (χ1n) is 9.41. The van der Waals surface area contributed by atoms with E-state index >= 15 is 0 Å². The number of rotatable bonds is 8. The lowest BCUT2D eigenvalue weighted by Gasteiger charge is -2.19. The second-order valence-corrected chi connectivity index (χ2v) is 6.48. The number of benzene rings is 3. The molecule has 28 heavy (non-hydrogen) atoms. The fraction of sp³-hybridized carbons (Fsp3) is 0.208. The minimum Gasteiger partial charge on any atom is -0.497 e. The van der Waals surface area contributed by atoms with E-state index < -0.39 is 0 Å². The number of nitrogens with one attached hydrogen (secondary N) is 1. The van der Waals surface area contributed by atoms with Crippen molar-refractivity contribution in [3.8, 4) is 11.5 Å². The van der Waals surface area contributed by atoms with Crippen LogP contribution in [0, 0.1) is 0 Å². The molecule has 1 N–H and O–H groups in total. The van der Waals surface area contributed by atoms with Gasteiger partial charge in [0.25, 0.3) is 5.91 Å². The summed E-state index contributed by atoms with van der Waals surface area (Å²) in [4.78, 5) is 12.9. The SMILES string of the molecule is CC[C@@H](NC(=O)c1ccccc1OCc1ccccc1)c1ccc(OC)cc1. The van der Waals surface area contributed by atoms with E-state index in [4.69, 9.17) is 9.47 Å². The van der Waals surface area contributed by atoms with Gasteiger partial charge in [-0.3, -0.25) is 4.79 Å². The van der Waals surface area contributed by atoms with Gasteiger partial charge in [-0.1, -0.05) is 61.5 Å². The molecule has 4 nitrogen and oxygen atoms in total. The smallest absolute Gasteiger partial charge is 0.255 e. The van der Waals surface area contributed by atoms with E-state index in [0.29, 0.717) is 17.9 Å². The first-order valence-corrected chi connectivity index (χ1v) is 9.41. The molecular weight excluding hydrogens is 350 g/mol. The molecule has 0 bridgehead atoms. The van der Waals surface area contributed by atoms with Crippen LogP contribution in [0.2, 0.25) is 0 Å². The van der Waals surface area contributed by atoms with Crippen LogP contribution >= 0.6 is 0 Å². The second-order valence-electron chi connectivity index (χ2n) is 6.48. The Labute approximate surface area is 166 Å². The molecule has 4 heteroatoms. The van der Waals surface area contributed by atoms with E-state index in [0.717, 1.165) is 23.3 Å². The molecule has 0 aliphatic heterocycles. The van der Waals surface area contributed by atoms with Crippen molar-refractivity contribution in [2.24, 2.45) is 0 Å². The first-order chi connectivity index (χ1) is 13.7. The van der Waals surface area contributed by atoms with Gasteiger partial charge in [0.05, 0.1) is 18.7 Å². The normalized spacial score (nSPS) is 11.5. The van der Waals surface area contributed by atoms with Crippen LogP contribution in [0.4, 0.5) is 0 Å². The predicted molar refractivity (Wildman–Crippen MR) is 111 cm³/mol. The molecule has 0 saturated heterocycles. The van der Waals surface area contributed by atoms with Crippen molar-refractivity contribution < 1.29 is 14.3 Å². The van der Waals surface area contributed by atoms with Gasteiger partial charge in [0, 0.05) is 0 Å². The van der Waals surface area contributed by atoms with Gasteiger partial charge in [0.2, 0.25) is 0 Å². The van der Waals surface area contributed by atoms with Crippen LogP contribution in [0.5, 0.6) is 11.5 Å². The molecule has 1 atom stereocenters. The Morgan fingerprint density at radius 1 is 0.929 bits per heavy atom. The topological polar surface area (TPSA) is 47.6 Å². The van der Waals surface area contributed by atoms with Crippen LogP contribution in [0.15, 0.2) is 78.9 Å². The van der Waals surface area contributed by atoms with E-state index in [1.54, 1.807) is 13.2 Å². The third-order valence-corrected chi connectivity index (χ3v) is 4.60. The summed E-state index contributed by atoms with van der Waals surface area (Å²) in [5.74, 6) is 1.23. The summed E-state index contributed by atoms with van der Waals surface area (Å²) in [6.45, 7) is 2.47. The Balaban J connectivity index is 1.72. The van der Waals surface area contributed by atoms with Gasteiger partial charge in [-0.05, 0) is 41.8 Å². The molecule has 3 rings (SSSR count). The van der Waals surface area contributed by atoms with Crippen LogP contribution < -0.4 is 14.8 Å². The van der Waals surface area contributed by atoms with E-state index in [1.807, 2.05) is 79.7 Å². The predicted octanol–water partition coefficient (Wildman–Crippen LogP) is 5.16. The Kier molecular flexibility index (Phi) is 6.68. The Morgan fingerprint density at radius 3 is 2.29 bits per heavy atom. The maximum absolute atomic E-state index is 12.9. The molecule has 0 heterocycles. The van der Waals surface area contributed by atoms with Gasteiger partial charge in [-0.15, -0.1) is 0 Å². The van der Waals surface area contributed by atoms with E-state index in [2.05, 4.69) is 5.32 Å². The molecule has 0 aliphatic rings. The van der Waals surface area contributed by atoms with Gasteiger partial charge in [0.1, 0.15) is 18.1 Å². The largest absolute Gasteiger partial charge is 0.497 e. The van der Waals surface area contributed by atoms with Crippen molar-refractivity contribution in [2.75, 3.05) is 7.11 Å². The van der Waals surface area contributed by atoms with Crippen molar-refractivity contribution >= 4 is 5.91 Å². The zero-order valence-electron chi connectivity index (χ0n) is 16.2. The average Bonchev–Trinajstić information content (AvgIpc) is 2.77. The molecule has 144 valence electrons. The van der Waals surface area contributed by atoms with Crippen LogP contribution in [-0.4, -0.2) is 13.0 Å². The summed E-state index contributed by atoms with van der Waals surface area (Å²) in [7, 11) is 1.64. The third kappa shape index (κ3) is 4.92. The Hall–Kier alpha value is -3.27. The lowest BCUT2D eigenvalue weighted by atomic mass is 10.0. The number of methoxy groups -OCH3 is 1. The number of hydrogen-bond donors (Lipinski definition) is 1. The van der Waals surface area contributed by atoms with E-state index in [1.165, 1.54) is 0 Å². The summed E-state index contributed by atoms with van der Waals surface area (Å²) in [5, 5.41) is 3.12. The molecule has 0 saturated carbocycles. The van der Waals surface area contributed by atoms with Crippen molar-refractivity contribution in [1.29, 1.82) is 0 Å². The number of amides is 1. The van der Waals surface area contributed by atoms with Crippen LogP contribution in [0.25, 0.3) is 0 Å². The zero-order chi connectivity index (χ0) is 19.8. The lowest BCUT2D eigenvalue weighted by molar-refractivity contribution is 0.0931. The summed E-state index contributed by atoms with van der Waals surface area (Å²) >= 11 is 0. The molecule has 0 fully saturated rings. The lowest BCUT2D eigenvalue weighted by Crippen LogP contribution is -2.28. The van der Waals surface area contributed by atoms with Gasteiger partial charge in [-0.2, -0.15) is 0 Å². The van der Waals surface area contributed by atoms with Crippen molar-refractivity contribution in [2.45, 2.75) is 26.0 Å². The second kappa shape index (κ2) is 9.60. The van der Waals surface area contributed by atoms with E-state index in [9.17, 15) is 4.79 Å². The molecule has 0 aliphatic carbocycles. The van der Waals surface area contributed by atoms with Crippen molar-refractivity contribution in [3.05, 3.63) is 95.6 Å². The molecule has 0 radical (unpaired) electrons. The number of carbonyl (C=O) groups excluding carboxylic acids is 1. The first kappa shape index (κ1) is 19.5. The molecule has 1 amide bonds. The average molecular weight is 375 g/mol. The highest BCUT2D eigenvalue weighted by Gasteiger charge is 2.17. The van der Waals surface area contributed by atoms with Gasteiger partial charge in [-0.25, -0.2) is 0 Å². The molecule has 0 spiro atoms. The third-order valence-electron chi connectivity index (χ3n) is 4.60. The standard InChI is InChI=1S/C24H25NO3/c1-3-22(19-13-15-20(27-2)16-14-19)25-24(26)21-11-7-8-12-23(21)28-17-18-9-5-4-6-10-18/h4-16,22H,3,17H2,1-2H3,(H,25,26)/t22-/m1/s1. The zero-order valence-corrected chi connectivity index (χ0v) is 16.2. The van der Waals surface area contributed by atoms with E-state index in [-0.39, 0.29) is 11.9 Å². The number of ether oxygens (including phenoxy) is 2. The van der Waals surface area contributed by atoms with Gasteiger partial charge < -0.3 is 14.8 Å². The van der Waals surface area contributed by atoms with Gasteiger partial charge in [0.15, 0.2) is 0 Å². The van der Waals surface area contributed by atoms with Crippen LogP contribution in [0.3, 0.4) is 0 Å². The molecule has 0 unspecified atom stereocenters.